The Morgan fingerprint density at radius 3 is 2.82 bits per heavy atom. The predicted molar refractivity (Wildman–Crippen MR) is 69.3 cm³/mol. The maximum absolute atomic E-state index is 11.5. The molecule has 0 atom stereocenters. The summed E-state index contributed by atoms with van der Waals surface area (Å²) < 4.78 is 5.18. The average Bonchev–Trinajstić information content (AvgIpc) is 2.32. The lowest BCUT2D eigenvalue weighted by atomic mass is 10.2. The molecule has 0 aromatic heterocycles. The van der Waals surface area contributed by atoms with Crippen molar-refractivity contribution in [1.82, 2.24) is 5.32 Å². The summed E-state index contributed by atoms with van der Waals surface area (Å²) in [7, 11) is 0. The Balaban J connectivity index is 2.23. The minimum atomic E-state index is -0.171. The Kier molecular flexibility index (Phi) is 6.10. The van der Waals surface area contributed by atoms with Crippen molar-refractivity contribution in [3.05, 3.63) is 29.8 Å². The van der Waals surface area contributed by atoms with Crippen LogP contribution in [0.3, 0.4) is 0 Å². The Morgan fingerprint density at radius 1 is 1.35 bits per heavy atom. The second-order valence-electron chi connectivity index (χ2n) is 3.75. The molecule has 0 heterocycles. The highest BCUT2D eigenvalue weighted by molar-refractivity contribution is 5.89. The largest absolute Gasteiger partial charge is 0.382 e. The zero-order valence-electron chi connectivity index (χ0n) is 10.5. The molecule has 1 aromatic carbocycles. The van der Waals surface area contributed by atoms with Gasteiger partial charge in [0.05, 0.1) is 0 Å². The number of anilines is 1. The number of nitrogens with one attached hydrogen (secondary N) is 2. The summed E-state index contributed by atoms with van der Waals surface area (Å²) in [5.41, 5.74) is 1.90. The summed E-state index contributed by atoms with van der Waals surface area (Å²) >= 11 is 0. The third kappa shape index (κ3) is 5.36. The van der Waals surface area contributed by atoms with Crippen LogP contribution in [0.5, 0.6) is 0 Å². The quantitative estimate of drug-likeness (QED) is 0.746. The van der Waals surface area contributed by atoms with Crippen molar-refractivity contribution in [2.45, 2.75) is 20.3 Å². The molecule has 4 nitrogen and oxygen atoms in total. The van der Waals surface area contributed by atoms with Crippen molar-refractivity contribution in [2.24, 2.45) is 0 Å². The molecule has 17 heavy (non-hydrogen) atoms. The maximum Gasteiger partial charge on any atom is 0.319 e. The van der Waals surface area contributed by atoms with Gasteiger partial charge in [-0.05, 0) is 31.9 Å². The molecule has 0 aliphatic carbocycles. The predicted octanol–water partition coefficient (Wildman–Crippen LogP) is 2.54. The van der Waals surface area contributed by atoms with E-state index in [-0.39, 0.29) is 6.03 Å². The molecule has 0 aliphatic heterocycles. The van der Waals surface area contributed by atoms with Gasteiger partial charge in [-0.25, -0.2) is 4.79 Å². The van der Waals surface area contributed by atoms with Gasteiger partial charge in [-0.3, -0.25) is 0 Å². The highest BCUT2D eigenvalue weighted by Gasteiger charge is 2.02. The standard InChI is InChI=1S/C13H20N2O2/c1-3-17-10-6-9-14-13(16)15-12-8-5-4-7-11(12)2/h4-5,7-8H,3,6,9-10H2,1-2H3,(H2,14,15,16). The highest BCUT2D eigenvalue weighted by atomic mass is 16.5. The molecular formula is C13H20N2O2. The Labute approximate surface area is 102 Å². The summed E-state index contributed by atoms with van der Waals surface area (Å²) in [6.45, 7) is 5.94. The molecule has 0 saturated carbocycles. The number of benzene rings is 1. The summed E-state index contributed by atoms with van der Waals surface area (Å²) in [6.07, 6.45) is 0.828. The normalized spacial score (nSPS) is 10.0. The number of hydrogen-bond donors (Lipinski definition) is 2. The number of aryl methyl sites for hydroxylation is 1. The minimum absolute atomic E-state index is 0.171. The van der Waals surface area contributed by atoms with E-state index in [0.29, 0.717) is 13.2 Å². The highest BCUT2D eigenvalue weighted by Crippen LogP contribution is 2.12. The van der Waals surface area contributed by atoms with E-state index in [1.807, 2.05) is 38.1 Å². The van der Waals surface area contributed by atoms with Crippen molar-refractivity contribution < 1.29 is 9.53 Å². The van der Waals surface area contributed by atoms with Crippen LogP contribution >= 0.6 is 0 Å². The molecule has 1 aromatic rings. The Morgan fingerprint density at radius 2 is 2.12 bits per heavy atom. The first kappa shape index (κ1) is 13.5. The first-order chi connectivity index (χ1) is 8.24. The number of carbonyl (C=O) groups is 1. The van der Waals surface area contributed by atoms with Crippen molar-refractivity contribution >= 4 is 11.7 Å². The van der Waals surface area contributed by atoms with Gasteiger partial charge in [0.15, 0.2) is 0 Å². The van der Waals surface area contributed by atoms with E-state index in [2.05, 4.69) is 10.6 Å². The number of carbonyl (C=O) groups excluding carboxylic acids is 1. The molecule has 0 bridgehead atoms. The Bertz CT molecular complexity index is 353. The molecular weight excluding hydrogens is 216 g/mol. The second kappa shape index (κ2) is 7.68. The van der Waals surface area contributed by atoms with E-state index < -0.39 is 0 Å². The molecule has 0 spiro atoms. The number of amides is 2. The molecule has 0 radical (unpaired) electrons. The van der Waals surface area contributed by atoms with Crippen LogP contribution in [0, 0.1) is 6.92 Å². The van der Waals surface area contributed by atoms with Gasteiger partial charge < -0.3 is 15.4 Å². The molecule has 0 unspecified atom stereocenters. The van der Waals surface area contributed by atoms with Crippen molar-refractivity contribution in [1.29, 1.82) is 0 Å². The number of para-hydroxylation sites is 1. The topological polar surface area (TPSA) is 50.4 Å². The smallest absolute Gasteiger partial charge is 0.319 e. The van der Waals surface area contributed by atoms with E-state index in [4.69, 9.17) is 4.74 Å². The molecule has 0 fully saturated rings. The van der Waals surface area contributed by atoms with E-state index in [9.17, 15) is 4.79 Å². The van der Waals surface area contributed by atoms with Crippen LogP contribution in [0.4, 0.5) is 10.5 Å². The molecule has 0 aliphatic rings. The van der Waals surface area contributed by atoms with Crippen LogP contribution < -0.4 is 10.6 Å². The summed E-state index contributed by atoms with van der Waals surface area (Å²) in [4.78, 5) is 11.5. The summed E-state index contributed by atoms with van der Waals surface area (Å²) in [5, 5.41) is 5.60. The fourth-order valence-corrected chi connectivity index (χ4v) is 1.40. The molecule has 94 valence electrons. The average molecular weight is 236 g/mol. The van der Waals surface area contributed by atoms with Gasteiger partial charge in [-0.15, -0.1) is 0 Å². The lowest BCUT2D eigenvalue weighted by molar-refractivity contribution is 0.145. The van der Waals surface area contributed by atoms with Crippen molar-refractivity contribution in [3.63, 3.8) is 0 Å². The zero-order valence-corrected chi connectivity index (χ0v) is 10.5. The van der Waals surface area contributed by atoms with E-state index in [0.717, 1.165) is 24.3 Å². The van der Waals surface area contributed by atoms with Crippen LogP contribution in [0.2, 0.25) is 0 Å². The van der Waals surface area contributed by atoms with Gasteiger partial charge in [-0.2, -0.15) is 0 Å². The van der Waals surface area contributed by atoms with Gasteiger partial charge in [0, 0.05) is 25.4 Å². The van der Waals surface area contributed by atoms with Crippen LogP contribution in [0.1, 0.15) is 18.9 Å². The Hall–Kier alpha value is -1.55. The second-order valence-corrected chi connectivity index (χ2v) is 3.75. The third-order valence-corrected chi connectivity index (χ3v) is 2.35. The molecule has 1 rings (SSSR count). The number of rotatable bonds is 6. The first-order valence-corrected chi connectivity index (χ1v) is 5.92. The minimum Gasteiger partial charge on any atom is -0.382 e. The molecule has 0 saturated heterocycles. The molecule has 4 heteroatoms. The van der Waals surface area contributed by atoms with Crippen LogP contribution in [0.15, 0.2) is 24.3 Å². The van der Waals surface area contributed by atoms with Crippen LogP contribution in [0.25, 0.3) is 0 Å². The molecule has 2 amide bonds. The van der Waals surface area contributed by atoms with E-state index >= 15 is 0 Å². The summed E-state index contributed by atoms with van der Waals surface area (Å²) in [5.74, 6) is 0. The van der Waals surface area contributed by atoms with Crippen LogP contribution in [-0.4, -0.2) is 25.8 Å². The van der Waals surface area contributed by atoms with Gasteiger partial charge >= 0.3 is 6.03 Å². The molecule has 2 N–H and O–H groups in total. The van der Waals surface area contributed by atoms with Gasteiger partial charge in [0.2, 0.25) is 0 Å². The van der Waals surface area contributed by atoms with E-state index in [1.54, 1.807) is 0 Å². The van der Waals surface area contributed by atoms with Gasteiger partial charge in [-0.1, -0.05) is 18.2 Å². The monoisotopic (exact) mass is 236 g/mol. The van der Waals surface area contributed by atoms with E-state index in [1.165, 1.54) is 0 Å². The summed E-state index contributed by atoms with van der Waals surface area (Å²) in [6, 6.07) is 7.52. The van der Waals surface area contributed by atoms with Crippen LogP contribution in [-0.2, 0) is 4.74 Å². The number of hydrogen-bond acceptors (Lipinski definition) is 2. The fourth-order valence-electron chi connectivity index (χ4n) is 1.40. The fraction of sp³-hybridized carbons (Fsp3) is 0.462. The van der Waals surface area contributed by atoms with Crippen molar-refractivity contribution in [3.8, 4) is 0 Å². The maximum atomic E-state index is 11.5. The number of ether oxygens (including phenoxy) is 1. The third-order valence-electron chi connectivity index (χ3n) is 2.35. The SMILES string of the molecule is CCOCCCNC(=O)Nc1ccccc1C. The lowest BCUT2D eigenvalue weighted by Gasteiger charge is -2.09. The van der Waals surface area contributed by atoms with Gasteiger partial charge in [0.1, 0.15) is 0 Å². The first-order valence-electron chi connectivity index (χ1n) is 5.92. The lowest BCUT2D eigenvalue weighted by Crippen LogP contribution is -2.30. The zero-order chi connectivity index (χ0) is 12.5. The number of urea groups is 1. The van der Waals surface area contributed by atoms with Gasteiger partial charge in [0.25, 0.3) is 0 Å². The van der Waals surface area contributed by atoms with Crippen molar-refractivity contribution in [2.75, 3.05) is 25.1 Å².